The fourth-order valence-electron chi connectivity index (χ4n) is 9.89. The fraction of sp³-hybridized carbons (Fsp3) is 0.295. The van der Waals surface area contributed by atoms with Crippen LogP contribution in [0, 0.1) is 5.92 Å². The zero-order chi connectivity index (χ0) is 38.4. The molecule has 1 spiro atoms. The summed E-state index contributed by atoms with van der Waals surface area (Å²) in [6.07, 6.45) is -0.196. The second-order valence-corrected chi connectivity index (χ2v) is 20.8. The quantitative estimate of drug-likeness (QED) is 0.164. The number of carbonyl (C=O) groups is 3. The minimum Gasteiger partial charge on any atom is -0.432 e. The number of benzene rings is 5. The van der Waals surface area contributed by atoms with Crippen LogP contribution >= 0.6 is 15.9 Å². The lowest BCUT2D eigenvalue weighted by molar-refractivity contribution is -0.151. The van der Waals surface area contributed by atoms with E-state index in [0.717, 1.165) is 37.6 Å². The Morgan fingerprint density at radius 1 is 0.927 bits per heavy atom. The lowest BCUT2D eigenvalue weighted by Gasteiger charge is -2.37. The predicted octanol–water partition coefficient (Wildman–Crippen LogP) is 7.57. The van der Waals surface area contributed by atoms with Crippen LogP contribution in [0.4, 0.5) is 17.1 Å². The van der Waals surface area contributed by atoms with E-state index in [2.05, 4.69) is 15.9 Å². The molecule has 11 heteroatoms. The van der Waals surface area contributed by atoms with Crippen molar-refractivity contribution < 1.29 is 29.0 Å². The van der Waals surface area contributed by atoms with Gasteiger partial charge in [-0.05, 0) is 84.1 Å². The number of aliphatic hydroxyl groups is 1. The van der Waals surface area contributed by atoms with Crippen molar-refractivity contribution in [3.05, 3.63) is 135 Å². The zero-order valence-electron chi connectivity index (χ0n) is 30.9. The van der Waals surface area contributed by atoms with E-state index in [9.17, 15) is 19.5 Å². The van der Waals surface area contributed by atoms with Gasteiger partial charge in [-0.25, -0.2) is 0 Å². The van der Waals surface area contributed by atoms with Crippen molar-refractivity contribution in [1.82, 2.24) is 4.90 Å². The van der Waals surface area contributed by atoms with Crippen molar-refractivity contribution >= 4 is 69.8 Å². The molecule has 5 aromatic carbocycles. The molecule has 0 aliphatic carbocycles. The van der Waals surface area contributed by atoms with Crippen LogP contribution in [0.2, 0.25) is 18.6 Å². The molecule has 2 N–H and O–H groups in total. The van der Waals surface area contributed by atoms with Crippen molar-refractivity contribution in [2.75, 3.05) is 16.4 Å². The average Bonchev–Trinajstić information content (AvgIpc) is 3.72. The molecule has 4 aliphatic heterocycles. The number of hydrogen-bond acceptors (Lipinski definition) is 6. The van der Waals surface area contributed by atoms with Crippen molar-refractivity contribution in [2.45, 2.75) is 69.2 Å². The highest BCUT2D eigenvalue weighted by atomic mass is 79.9. The number of amides is 3. The largest absolute Gasteiger partial charge is 0.432 e. The molecule has 4 aliphatic rings. The van der Waals surface area contributed by atoms with Crippen LogP contribution in [0.3, 0.4) is 0 Å². The van der Waals surface area contributed by atoms with Gasteiger partial charge in [-0.1, -0.05) is 83.5 Å². The third-order valence-electron chi connectivity index (χ3n) is 12.3. The number of halogens is 1. The molecule has 280 valence electrons. The summed E-state index contributed by atoms with van der Waals surface area (Å²) in [5.74, 6) is -0.962. The van der Waals surface area contributed by atoms with Gasteiger partial charge in [0.05, 0.1) is 48.7 Å². The molecule has 0 bridgehead atoms. The molecule has 0 aromatic heterocycles. The topological polar surface area (TPSA) is 111 Å². The third kappa shape index (κ3) is 5.62. The van der Waals surface area contributed by atoms with Crippen molar-refractivity contribution in [2.24, 2.45) is 5.92 Å². The van der Waals surface area contributed by atoms with Crippen molar-refractivity contribution in [3.63, 3.8) is 0 Å². The van der Waals surface area contributed by atoms with E-state index < -0.39 is 31.5 Å². The zero-order valence-corrected chi connectivity index (χ0v) is 33.5. The maximum absolute atomic E-state index is 15.1. The summed E-state index contributed by atoms with van der Waals surface area (Å²) in [5.41, 5.74) is 4.73. The smallest absolute Gasteiger partial charge is 0.264 e. The molecule has 5 aromatic rings. The molecule has 4 heterocycles. The van der Waals surface area contributed by atoms with E-state index in [-0.39, 0.29) is 43.3 Å². The molecule has 0 saturated carbocycles. The molecule has 3 amide bonds. The van der Waals surface area contributed by atoms with Crippen LogP contribution < -0.4 is 9.80 Å². The highest BCUT2D eigenvalue weighted by molar-refractivity contribution is 9.10. The molecule has 9 nitrogen and oxygen atoms in total. The number of hydrogen-bond donors (Lipinski definition) is 2. The fourth-order valence-corrected chi connectivity index (χ4v) is 12.8. The summed E-state index contributed by atoms with van der Waals surface area (Å²) in [5, 5.41) is 12.3. The third-order valence-corrected chi connectivity index (χ3v) is 15.3. The highest BCUT2D eigenvalue weighted by Crippen LogP contribution is 2.60. The molecule has 1 fully saturated rings. The lowest BCUT2D eigenvalue weighted by atomic mass is 9.82. The van der Waals surface area contributed by atoms with Gasteiger partial charge in [-0.3, -0.25) is 19.3 Å². The van der Waals surface area contributed by atoms with Gasteiger partial charge in [0.2, 0.25) is 5.91 Å². The normalized spacial score (nSPS) is 24.3. The lowest BCUT2D eigenvalue weighted by Crippen LogP contribution is -2.48. The Morgan fingerprint density at radius 3 is 2.44 bits per heavy atom. The first-order valence-electron chi connectivity index (χ1n) is 18.8. The van der Waals surface area contributed by atoms with E-state index >= 15 is 4.79 Å². The minimum absolute atomic E-state index is 0.0237. The van der Waals surface area contributed by atoms with E-state index in [1.807, 2.05) is 123 Å². The van der Waals surface area contributed by atoms with Crippen molar-refractivity contribution in [3.8, 4) is 0 Å². The van der Waals surface area contributed by atoms with Gasteiger partial charge in [0.25, 0.3) is 11.8 Å². The molecule has 0 radical (unpaired) electrons. The number of carbonyl (C=O) groups excluding carboxylic acids is 3. The van der Waals surface area contributed by atoms with Crippen LogP contribution in [-0.4, -0.2) is 59.6 Å². The Morgan fingerprint density at radius 2 is 1.67 bits per heavy atom. The van der Waals surface area contributed by atoms with Gasteiger partial charge in [0.15, 0.2) is 13.9 Å². The molecule has 0 unspecified atom stereocenters. The van der Waals surface area contributed by atoms with Gasteiger partial charge in [0, 0.05) is 39.1 Å². The predicted molar refractivity (Wildman–Crippen MR) is 218 cm³/mol. The Labute approximate surface area is 329 Å². The van der Waals surface area contributed by atoms with Crippen LogP contribution in [0.25, 0.3) is 10.8 Å². The van der Waals surface area contributed by atoms with Crippen LogP contribution in [0.5, 0.6) is 0 Å². The Kier molecular flexibility index (Phi) is 8.67. The van der Waals surface area contributed by atoms with E-state index in [4.69, 9.17) is 4.74 Å². The van der Waals surface area contributed by atoms with E-state index in [0.29, 0.717) is 35.5 Å². The SMILES string of the molecule is C[C@@H]1[C@@H]([Si](C)(C)O)[C@H](CC(=O)N2Cc3ccccc3C[C@H]2CO)O[C@@]12C(=O)N(Cc1cccc(N3C(=O)c4cccc5cccc3c45)c1)c1ccc(Br)cc12. The molecule has 1 saturated heterocycles. The van der Waals surface area contributed by atoms with Gasteiger partial charge < -0.3 is 24.4 Å². The summed E-state index contributed by atoms with van der Waals surface area (Å²) >= 11 is 3.64. The number of nitrogens with zero attached hydrogens (tertiary/aromatic N) is 3. The molecular formula is C44H42BrN3O6Si. The molecule has 9 rings (SSSR count). The summed E-state index contributed by atoms with van der Waals surface area (Å²) in [6, 6.07) is 32.8. The van der Waals surface area contributed by atoms with Gasteiger partial charge >= 0.3 is 0 Å². The van der Waals surface area contributed by atoms with Crippen LogP contribution in [0.15, 0.2) is 108 Å². The number of rotatable bonds is 7. The molecule has 5 atom stereocenters. The summed E-state index contributed by atoms with van der Waals surface area (Å²) in [7, 11) is -3.04. The second kappa shape index (κ2) is 13.2. The Balaban J connectivity index is 1.04. The average molecular weight is 817 g/mol. The Bertz CT molecular complexity index is 2410. The van der Waals surface area contributed by atoms with E-state index in [1.165, 1.54) is 0 Å². The summed E-state index contributed by atoms with van der Waals surface area (Å²) in [6.45, 7) is 6.11. The number of anilines is 3. The summed E-state index contributed by atoms with van der Waals surface area (Å²) < 4.78 is 7.80. The highest BCUT2D eigenvalue weighted by Gasteiger charge is 2.66. The minimum atomic E-state index is -3.04. The molecule has 55 heavy (non-hydrogen) atoms. The number of ether oxygens (including phenoxy) is 1. The first-order chi connectivity index (χ1) is 26.4. The van der Waals surface area contributed by atoms with Crippen LogP contribution in [0.1, 0.15) is 46.0 Å². The van der Waals surface area contributed by atoms with Crippen LogP contribution in [-0.2, 0) is 39.4 Å². The van der Waals surface area contributed by atoms with Crippen molar-refractivity contribution in [1.29, 1.82) is 0 Å². The maximum Gasteiger partial charge on any atom is 0.264 e. The first kappa shape index (κ1) is 36.0. The first-order valence-corrected chi connectivity index (χ1v) is 22.7. The van der Waals surface area contributed by atoms with Gasteiger partial charge in [-0.15, -0.1) is 0 Å². The number of fused-ring (bicyclic) bond motifs is 3. The van der Waals surface area contributed by atoms with E-state index in [1.54, 1.807) is 14.7 Å². The summed E-state index contributed by atoms with van der Waals surface area (Å²) in [4.78, 5) is 60.2. The Hall–Kier alpha value is -4.65. The number of aliphatic hydroxyl groups excluding tert-OH is 1. The second-order valence-electron chi connectivity index (χ2n) is 15.9. The molecular weight excluding hydrogens is 774 g/mol. The standard InChI is InChI=1S/C44H42BrN3O6Si/c1-26-41(55(2,3)53)38(22-39(50)46-24-30-11-5-4-10-29(30)20-33(46)25-49)54-44(26)35-21-31(45)17-18-36(35)47(43(44)52)23-27-9-6-14-32(19-27)48-37-16-8-13-28-12-7-15-34(40(28)37)42(48)51/h4-19,21,26,33,38,41,49,53H,20,22-25H2,1-3H3/t26-,33+,38+,41-,44+/m1/s1. The monoisotopic (exact) mass is 815 g/mol. The van der Waals surface area contributed by atoms with Gasteiger partial charge in [0.1, 0.15) is 0 Å². The van der Waals surface area contributed by atoms with Gasteiger partial charge in [-0.2, -0.15) is 0 Å². The maximum atomic E-state index is 15.1.